The highest BCUT2D eigenvalue weighted by atomic mass is 32.1. The fraction of sp³-hybridized carbons (Fsp3) is 0.467. The normalized spacial score (nSPS) is 10.2. The van der Waals surface area contributed by atoms with Crippen molar-refractivity contribution in [2.24, 2.45) is 5.73 Å². The van der Waals surface area contributed by atoms with Gasteiger partial charge in [0.2, 0.25) is 5.91 Å². The molecule has 0 heterocycles. The van der Waals surface area contributed by atoms with E-state index in [0.717, 1.165) is 5.56 Å². The van der Waals surface area contributed by atoms with Crippen LogP contribution in [0.3, 0.4) is 0 Å². The van der Waals surface area contributed by atoms with Crippen molar-refractivity contribution in [3.8, 4) is 5.75 Å². The number of hydrogen-bond acceptors (Lipinski definition) is 4. The van der Waals surface area contributed by atoms with E-state index in [1.54, 1.807) is 19.1 Å². The summed E-state index contributed by atoms with van der Waals surface area (Å²) >= 11 is 4.87. The lowest BCUT2D eigenvalue weighted by Crippen LogP contribution is -2.37. The van der Waals surface area contributed by atoms with Crippen LogP contribution in [0.25, 0.3) is 0 Å². The van der Waals surface area contributed by atoms with Crippen molar-refractivity contribution in [3.63, 3.8) is 0 Å². The number of ether oxygens (including phenoxy) is 2. The molecule has 5 nitrogen and oxygen atoms in total. The molecule has 0 aliphatic carbocycles. The van der Waals surface area contributed by atoms with Crippen molar-refractivity contribution in [1.29, 1.82) is 0 Å². The van der Waals surface area contributed by atoms with Crippen LogP contribution in [0, 0.1) is 0 Å². The summed E-state index contributed by atoms with van der Waals surface area (Å²) in [7, 11) is 3.20. The summed E-state index contributed by atoms with van der Waals surface area (Å²) in [4.78, 5) is 14.6. The molecule has 6 heteroatoms. The van der Waals surface area contributed by atoms with Gasteiger partial charge in [-0.3, -0.25) is 4.79 Å². The Morgan fingerprint density at radius 2 is 2.00 bits per heavy atom. The SMILES string of the molecule is COCCN(CCC(N)=S)C(=O)Cc1ccccc1OC. The van der Waals surface area contributed by atoms with Gasteiger partial charge in [0.15, 0.2) is 0 Å². The Labute approximate surface area is 131 Å². The molecule has 0 unspecified atom stereocenters. The molecule has 0 bridgehead atoms. The van der Waals surface area contributed by atoms with E-state index in [4.69, 9.17) is 27.4 Å². The van der Waals surface area contributed by atoms with E-state index in [-0.39, 0.29) is 12.3 Å². The number of para-hydroxylation sites is 1. The highest BCUT2D eigenvalue weighted by molar-refractivity contribution is 7.80. The minimum atomic E-state index is 0.00722. The second kappa shape index (κ2) is 9.31. The summed E-state index contributed by atoms with van der Waals surface area (Å²) in [5.41, 5.74) is 6.37. The third-order valence-electron chi connectivity index (χ3n) is 3.08. The molecule has 1 aromatic rings. The van der Waals surface area contributed by atoms with Crippen LogP contribution in [0.1, 0.15) is 12.0 Å². The topological polar surface area (TPSA) is 64.8 Å². The molecule has 0 saturated carbocycles. The van der Waals surface area contributed by atoms with Crippen molar-refractivity contribution in [2.45, 2.75) is 12.8 Å². The molecule has 21 heavy (non-hydrogen) atoms. The van der Waals surface area contributed by atoms with E-state index in [1.165, 1.54) is 0 Å². The van der Waals surface area contributed by atoms with Gasteiger partial charge >= 0.3 is 0 Å². The van der Waals surface area contributed by atoms with Crippen molar-refractivity contribution < 1.29 is 14.3 Å². The first-order valence-corrected chi connectivity index (χ1v) is 7.16. The van der Waals surface area contributed by atoms with Gasteiger partial charge in [0.05, 0.1) is 25.1 Å². The highest BCUT2D eigenvalue weighted by Crippen LogP contribution is 2.18. The van der Waals surface area contributed by atoms with Crippen LogP contribution in [-0.4, -0.2) is 49.7 Å². The molecule has 1 rings (SSSR count). The molecule has 116 valence electrons. The van der Waals surface area contributed by atoms with Crippen LogP contribution in [0.5, 0.6) is 5.75 Å². The Hall–Kier alpha value is -1.66. The van der Waals surface area contributed by atoms with Crippen molar-refractivity contribution >= 4 is 23.1 Å². The molecule has 0 radical (unpaired) electrons. The molecule has 1 aromatic carbocycles. The Morgan fingerprint density at radius 1 is 1.29 bits per heavy atom. The molecular formula is C15H22N2O3S. The lowest BCUT2D eigenvalue weighted by Gasteiger charge is -2.22. The number of rotatable bonds is 9. The van der Waals surface area contributed by atoms with E-state index < -0.39 is 0 Å². The molecule has 0 spiro atoms. The molecule has 0 aliphatic heterocycles. The number of carbonyl (C=O) groups excluding carboxylic acids is 1. The minimum Gasteiger partial charge on any atom is -0.496 e. The molecule has 0 fully saturated rings. The van der Waals surface area contributed by atoms with Gasteiger partial charge in [-0.25, -0.2) is 0 Å². The number of methoxy groups -OCH3 is 2. The Kier molecular flexibility index (Phi) is 7.71. The van der Waals surface area contributed by atoms with E-state index in [1.807, 2.05) is 24.3 Å². The van der Waals surface area contributed by atoms with Crippen molar-refractivity contribution in [2.75, 3.05) is 33.9 Å². The second-order valence-corrected chi connectivity index (χ2v) is 5.10. The first-order valence-electron chi connectivity index (χ1n) is 6.75. The van der Waals surface area contributed by atoms with Crippen LogP contribution in [0.15, 0.2) is 24.3 Å². The summed E-state index contributed by atoms with van der Waals surface area (Å²) in [5.74, 6) is 0.722. The van der Waals surface area contributed by atoms with Gasteiger partial charge in [-0.1, -0.05) is 30.4 Å². The summed E-state index contributed by atoms with van der Waals surface area (Å²) in [6, 6.07) is 7.50. The molecule has 0 aliphatic rings. The van der Waals surface area contributed by atoms with E-state index in [9.17, 15) is 4.79 Å². The number of benzene rings is 1. The minimum absolute atomic E-state index is 0.00722. The lowest BCUT2D eigenvalue weighted by atomic mass is 10.1. The Morgan fingerprint density at radius 3 is 2.62 bits per heavy atom. The quantitative estimate of drug-likeness (QED) is 0.698. The summed E-state index contributed by atoms with van der Waals surface area (Å²) in [6.45, 7) is 1.51. The Bertz CT molecular complexity index is 480. The Balaban J connectivity index is 2.72. The van der Waals surface area contributed by atoms with Crippen LogP contribution in [0.4, 0.5) is 0 Å². The predicted octanol–water partition coefficient (Wildman–Crippen LogP) is 1.39. The maximum Gasteiger partial charge on any atom is 0.227 e. The van der Waals surface area contributed by atoms with Crippen LogP contribution in [-0.2, 0) is 16.0 Å². The van der Waals surface area contributed by atoms with Gasteiger partial charge in [-0.2, -0.15) is 0 Å². The van der Waals surface area contributed by atoms with Crippen LogP contribution in [0.2, 0.25) is 0 Å². The summed E-state index contributed by atoms with van der Waals surface area (Å²) in [5, 5.41) is 0. The molecule has 2 N–H and O–H groups in total. The maximum absolute atomic E-state index is 12.4. The van der Waals surface area contributed by atoms with Gasteiger partial charge in [0.25, 0.3) is 0 Å². The average molecular weight is 310 g/mol. The maximum atomic E-state index is 12.4. The van der Waals surface area contributed by atoms with Gasteiger partial charge in [0, 0.05) is 32.2 Å². The summed E-state index contributed by atoms with van der Waals surface area (Å²) < 4.78 is 10.3. The van der Waals surface area contributed by atoms with Crippen LogP contribution < -0.4 is 10.5 Å². The molecular weight excluding hydrogens is 288 g/mol. The van der Waals surface area contributed by atoms with E-state index in [0.29, 0.717) is 36.9 Å². The summed E-state index contributed by atoms with van der Waals surface area (Å²) in [6.07, 6.45) is 0.793. The third kappa shape index (κ3) is 6.10. The third-order valence-corrected chi connectivity index (χ3v) is 3.28. The van der Waals surface area contributed by atoms with Crippen molar-refractivity contribution in [1.82, 2.24) is 4.90 Å². The van der Waals surface area contributed by atoms with Gasteiger partial charge in [0.1, 0.15) is 5.75 Å². The molecule has 0 atom stereocenters. The first-order chi connectivity index (χ1) is 10.1. The molecule has 1 amide bonds. The average Bonchev–Trinajstić information content (AvgIpc) is 2.47. The zero-order valence-corrected chi connectivity index (χ0v) is 13.3. The van der Waals surface area contributed by atoms with Crippen LogP contribution >= 0.6 is 12.2 Å². The number of nitrogens with two attached hydrogens (primary N) is 1. The largest absolute Gasteiger partial charge is 0.496 e. The number of amides is 1. The zero-order chi connectivity index (χ0) is 15.7. The van der Waals surface area contributed by atoms with E-state index >= 15 is 0 Å². The highest BCUT2D eigenvalue weighted by Gasteiger charge is 2.16. The smallest absolute Gasteiger partial charge is 0.227 e. The number of carbonyl (C=O) groups is 1. The number of nitrogens with zero attached hydrogens (tertiary/aromatic N) is 1. The van der Waals surface area contributed by atoms with Gasteiger partial charge < -0.3 is 20.1 Å². The first kappa shape index (κ1) is 17.4. The molecule has 0 aromatic heterocycles. The molecule has 0 saturated heterocycles. The van der Waals surface area contributed by atoms with Gasteiger partial charge in [-0.05, 0) is 6.07 Å². The fourth-order valence-corrected chi connectivity index (χ4v) is 2.02. The second-order valence-electron chi connectivity index (χ2n) is 4.58. The number of thiocarbonyl (C=S) groups is 1. The monoisotopic (exact) mass is 310 g/mol. The predicted molar refractivity (Wildman–Crippen MR) is 86.6 cm³/mol. The van der Waals surface area contributed by atoms with E-state index in [2.05, 4.69) is 0 Å². The fourth-order valence-electron chi connectivity index (χ4n) is 1.93. The van der Waals surface area contributed by atoms with Gasteiger partial charge in [-0.15, -0.1) is 0 Å². The standard InChI is InChI=1S/C15H22N2O3S/c1-19-10-9-17(8-7-14(16)21)15(18)11-12-5-3-4-6-13(12)20-2/h3-6H,7-11H2,1-2H3,(H2,16,21). The number of hydrogen-bond donors (Lipinski definition) is 1. The lowest BCUT2D eigenvalue weighted by molar-refractivity contribution is -0.131. The zero-order valence-electron chi connectivity index (χ0n) is 12.5. The van der Waals surface area contributed by atoms with Crippen molar-refractivity contribution in [3.05, 3.63) is 29.8 Å².